The molecule has 0 bridgehead atoms. The lowest BCUT2D eigenvalue weighted by Gasteiger charge is -2.38. The molecular weight excluding hydrogens is 320 g/mol. The van der Waals surface area contributed by atoms with Gasteiger partial charge < -0.3 is 10.0 Å². The summed E-state index contributed by atoms with van der Waals surface area (Å²) in [4.78, 5) is 6.57. The van der Waals surface area contributed by atoms with Crippen molar-refractivity contribution in [1.82, 2.24) is 4.98 Å². The average Bonchev–Trinajstić information content (AvgIpc) is 3.25. The molecule has 3 nitrogen and oxygen atoms in total. The van der Waals surface area contributed by atoms with Gasteiger partial charge in [0.2, 0.25) is 0 Å². The molecule has 1 saturated heterocycles. The molecule has 1 aliphatic heterocycles. The highest BCUT2D eigenvalue weighted by Gasteiger charge is 2.53. The molecule has 1 saturated carbocycles. The summed E-state index contributed by atoms with van der Waals surface area (Å²) in [6.45, 7) is 1.02. The van der Waals surface area contributed by atoms with Gasteiger partial charge in [0.05, 0.1) is 11.6 Å². The van der Waals surface area contributed by atoms with Gasteiger partial charge in [-0.25, -0.2) is 0 Å². The number of benzene rings is 2. The van der Waals surface area contributed by atoms with Crippen molar-refractivity contribution in [2.75, 3.05) is 11.4 Å². The number of pyridine rings is 1. The van der Waals surface area contributed by atoms with Crippen molar-refractivity contribution >= 4 is 16.5 Å². The van der Waals surface area contributed by atoms with E-state index in [0.29, 0.717) is 5.92 Å². The largest absolute Gasteiger partial charge is 0.387 e. The molecule has 2 aromatic carbocycles. The Morgan fingerprint density at radius 2 is 1.81 bits per heavy atom. The normalized spacial score (nSPS) is 27.8. The summed E-state index contributed by atoms with van der Waals surface area (Å²) < 4.78 is 0. The number of fused-ring (bicyclic) bond motifs is 2. The van der Waals surface area contributed by atoms with Gasteiger partial charge in [0.25, 0.3) is 0 Å². The number of aliphatic hydroxyl groups is 1. The van der Waals surface area contributed by atoms with Crippen LogP contribution in [0.15, 0.2) is 67.0 Å². The van der Waals surface area contributed by atoms with Gasteiger partial charge in [0, 0.05) is 31.0 Å². The summed E-state index contributed by atoms with van der Waals surface area (Å²) in [5, 5.41) is 14.3. The number of hydrogen-bond donors (Lipinski definition) is 1. The predicted octanol–water partition coefficient (Wildman–Crippen LogP) is 4.20. The van der Waals surface area contributed by atoms with Crippen LogP contribution in [0.25, 0.3) is 10.8 Å². The fraction of sp³-hybridized carbons (Fsp3) is 0.348. The van der Waals surface area contributed by atoms with E-state index in [1.807, 2.05) is 12.4 Å². The Hall–Kier alpha value is -2.39. The third-order valence-corrected chi connectivity index (χ3v) is 6.39. The highest BCUT2D eigenvalue weighted by Crippen LogP contribution is 2.47. The van der Waals surface area contributed by atoms with E-state index in [0.717, 1.165) is 25.8 Å². The van der Waals surface area contributed by atoms with Crippen LogP contribution >= 0.6 is 0 Å². The third-order valence-electron chi connectivity index (χ3n) is 6.39. The van der Waals surface area contributed by atoms with E-state index in [-0.39, 0.29) is 6.04 Å². The van der Waals surface area contributed by atoms with Crippen LogP contribution < -0.4 is 4.90 Å². The van der Waals surface area contributed by atoms with Crippen molar-refractivity contribution < 1.29 is 5.11 Å². The number of hydrogen-bond acceptors (Lipinski definition) is 3. The highest BCUT2D eigenvalue weighted by atomic mass is 16.3. The van der Waals surface area contributed by atoms with Gasteiger partial charge in [-0.3, -0.25) is 4.98 Å². The second-order valence-electron chi connectivity index (χ2n) is 7.85. The van der Waals surface area contributed by atoms with Crippen LogP contribution in [0.2, 0.25) is 0 Å². The maximum Gasteiger partial charge on any atom is 0.0893 e. The van der Waals surface area contributed by atoms with Crippen molar-refractivity contribution in [3.63, 3.8) is 0 Å². The monoisotopic (exact) mass is 344 g/mol. The first-order chi connectivity index (χ1) is 12.7. The van der Waals surface area contributed by atoms with E-state index in [4.69, 9.17) is 0 Å². The molecule has 26 heavy (non-hydrogen) atoms. The Morgan fingerprint density at radius 3 is 2.69 bits per heavy atom. The summed E-state index contributed by atoms with van der Waals surface area (Å²) in [7, 11) is 0. The van der Waals surface area contributed by atoms with E-state index in [1.54, 1.807) is 0 Å². The van der Waals surface area contributed by atoms with Crippen LogP contribution in [-0.2, 0) is 6.42 Å². The molecule has 2 aliphatic rings. The van der Waals surface area contributed by atoms with Crippen LogP contribution in [0.1, 0.15) is 24.8 Å². The minimum atomic E-state index is -0.672. The van der Waals surface area contributed by atoms with Gasteiger partial charge in [-0.05, 0) is 53.6 Å². The summed E-state index contributed by atoms with van der Waals surface area (Å²) in [5.74, 6) is 0.586. The van der Waals surface area contributed by atoms with Gasteiger partial charge >= 0.3 is 0 Å². The van der Waals surface area contributed by atoms with E-state index in [1.165, 1.54) is 28.4 Å². The quantitative estimate of drug-likeness (QED) is 0.774. The Kier molecular flexibility index (Phi) is 3.71. The molecular formula is C23H24N2O. The van der Waals surface area contributed by atoms with Crippen molar-refractivity contribution in [3.8, 4) is 0 Å². The smallest absolute Gasteiger partial charge is 0.0893 e. The average molecular weight is 344 g/mol. The maximum absolute atomic E-state index is 11.7. The molecule has 3 aromatic rings. The van der Waals surface area contributed by atoms with Crippen molar-refractivity contribution in [3.05, 3.63) is 72.6 Å². The Bertz CT molecular complexity index is 920. The Labute approximate surface area is 154 Å². The van der Waals surface area contributed by atoms with E-state index in [9.17, 15) is 5.11 Å². The van der Waals surface area contributed by atoms with Crippen LogP contribution in [0.3, 0.4) is 0 Å². The zero-order valence-electron chi connectivity index (χ0n) is 14.9. The summed E-state index contributed by atoms with van der Waals surface area (Å²) in [6, 6.07) is 19.3. The first kappa shape index (κ1) is 15.8. The number of nitrogens with zero attached hydrogens (tertiary/aromatic N) is 2. The lowest BCUT2D eigenvalue weighted by Crippen LogP contribution is -2.50. The summed E-state index contributed by atoms with van der Waals surface area (Å²) in [6.07, 6.45) is 7.59. The molecule has 1 N–H and O–H groups in total. The molecule has 132 valence electrons. The minimum Gasteiger partial charge on any atom is -0.387 e. The first-order valence-corrected chi connectivity index (χ1v) is 9.60. The summed E-state index contributed by atoms with van der Waals surface area (Å²) in [5.41, 5.74) is 1.77. The Morgan fingerprint density at radius 1 is 1.00 bits per heavy atom. The van der Waals surface area contributed by atoms with Gasteiger partial charge in [0.1, 0.15) is 0 Å². The van der Waals surface area contributed by atoms with Gasteiger partial charge in [0.15, 0.2) is 0 Å². The Balaban J connectivity index is 1.51. The first-order valence-electron chi connectivity index (χ1n) is 9.60. The van der Waals surface area contributed by atoms with Gasteiger partial charge in [-0.2, -0.15) is 0 Å². The molecule has 3 atom stereocenters. The maximum atomic E-state index is 11.7. The fourth-order valence-corrected chi connectivity index (χ4v) is 5.27. The highest BCUT2D eigenvalue weighted by molar-refractivity contribution is 5.85. The molecule has 0 unspecified atom stereocenters. The van der Waals surface area contributed by atoms with Crippen LogP contribution in [0.4, 0.5) is 5.69 Å². The van der Waals surface area contributed by atoms with Gasteiger partial charge in [-0.15, -0.1) is 0 Å². The fourth-order valence-electron chi connectivity index (χ4n) is 5.27. The molecule has 2 heterocycles. The number of aromatic nitrogens is 1. The van der Waals surface area contributed by atoms with Crippen LogP contribution in [0, 0.1) is 5.92 Å². The predicted molar refractivity (Wildman–Crippen MR) is 105 cm³/mol. The zero-order chi connectivity index (χ0) is 17.6. The van der Waals surface area contributed by atoms with Gasteiger partial charge in [-0.1, -0.05) is 42.5 Å². The van der Waals surface area contributed by atoms with Crippen molar-refractivity contribution in [2.45, 2.75) is 37.3 Å². The molecule has 0 radical (unpaired) electrons. The SMILES string of the molecule is O[C@]1(Cc2cccc3ccccc23)CC[C@@H]2CCN(c3ccncc3)[C@@H]21. The molecule has 5 rings (SSSR count). The van der Waals surface area contributed by atoms with Crippen LogP contribution in [0.5, 0.6) is 0 Å². The molecule has 1 aliphatic carbocycles. The second-order valence-corrected chi connectivity index (χ2v) is 7.85. The van der Waals surface area contributed by atoms with Crippen molar-refractivity contribution in [1.29, 1.82) is 0 Å². The van der Waals surface area contributed by atoms with E-state index < -0.39 is 5.60 Å². The number of anilines is 1. The topological polar surface area (TPSA) is 36.4 Å². The molecule has 0 amide bonds. The zero-order valence-corrected chi connectivity index (χ0v) is 14.9. The second kappa shape index (κ2) is 6.10. The van der Waals surface area contributed by atoms with Crippen molar-refractivity contribution in [2.24, 2.45) is 5.92 Å². The lowest BCUT2D eigenvalue weighted by molar-refractivity contribution is 0.0295. The third kappa shape index (κ3) is 2.50. The van der Waals surface area contributed by atoms with E-state index in [2.05, 4.69) is 64.5 Å². The summed E-state index contributed by atoms with van der Waals surface area (Å²) >= 11 is 0. The molecule has 1 aromatic heterocycles. The van der Waals surface area contributed by atoms with Crippen LogP contribution in [-0.4, -0.2) is 28.3 Å². The standard InChI is InChI=1S/C23H24N2O/c26-23(16-19-6-3-5-17-4-1-2-7-21(17)19)12-8-18-11-15-25(22(18)23)20-9-13-24-14-10-20/h1-7,9-10,13-14,18,22,26H,8,11-12,15-16H2/t18-,22+,23+/m1/s1. The molecule has 0 spiro atoms. The molecule has 3 heteroatoms. The lowest BCUT2D eigenvalue weighted by atomic mass is 9.85. The minimum absolute atomic E-state index is 0.198. The van der Waals surface area contributed by atoms with E-state index >= 15 is 0 Å². The number of rotatable bonds is 3. The molecule has 2 fully saturated rings.